The van der Waals surface area contributed by atoms with Crippen LogP contribution in [-0.4, -0.2) is 43.5 Å². The van der Waals surface area contributed by atoms with Gasteiger partial charge in [-0.15, -0.1) is 0 Å². The number of furan rings is 1. The van der Waals surface area contributed by atoms with E-state index in [0.717, 1.165) is 18.6 Å². The lowest BCUT2D eigenvalue weighted by Gasteiger charge is -2.26. The summed E-state index contributed by atoms with van der Waals surface area (Å²) in [6, 6.07) is 3.33. The molecule has 0 aromatic carbocycles. The van der Waals surface area contributed by atoms with E-state index in [2.05, 4.69) is 5.32 Å². The SMILES string of the molecule is COC[C@H](NC(=O)CN1CCCCC1=O)c1ccc(C)o1. The van der Waals surface area contributed by atoms with Gasteiger partial charge in [0.2, 0.25) is 11.8 Å². The van der Waals surface area contributed by atoms with Gasteiger partial charge in [0.1, 0.15) is 17.6 Å². The van der Waals surface area contributed by atoms with Crippen LogP contribution < -0.4 is 5.32 Å². The molecule has 0 unspecified atom stereocenters. The van der Waals surface area contributed by atoms with Gasteiger partial charge in [-0.3, -0.25) is 9.59 Å². The predicted octanol–water partition coefficient (Wildman–Crippen LogP) is 1.40. The second-order valence-corrected chi connectivity index (χ2v) is 5.30. The van der Waals surface area contributed by atoms with Crippen LogP contribution in [0.4, 0.5) is 0 Å². The normalized spacial score (nSPS) is 16.9. The van der Waals surface area contributed by atoms with Crippen LogP contribution in [0.3, 0.4) is 0 Å². The van der Waals surface area contributed by atoms with Crippen LogP contribution in [0.15, 0.2) is 16.5 Å². The van der Waals surface area contributed by atoms with E-state index < -0.39 is 0 Å². The Morgan fingerprint density at radius 3 is 2.90 bits per heavy atom. The molecule has 21 heavy (non-hydrogen) atoms. The quantitative estimate of drug-likeness (QED) is 0.861. The maximum Gasteiger partial charge on any atom is 0.240 e. The summed E-state index contributed by atoms with van der Waals surface area (Å²) in [5.41, 5.74) is 0. The molecular formula is C15H22N2O4. The highest BCUT2D eigenvalue weighted by Gasteiger charge is 2.23. The van der Waals surface area contributed by atoms with Gasteiger partial charge in [0.25, 0.3) is 0 Å². The van der Waals surface area contributed by atoms with Crippen LogP contribution in [0.25, 0.3) is 0 Å². The Balaban J connectivity index is 1.93. The van der Waals surface area contributed by atoms with E-state index in [1.807, 2.05) is 19.1 Å². The molecule has 116 valence electrons. The van der Waals surface area contributed by atoms with Crippen LogP contribution in [0.2, 0.25) is 0 Å². The molecule has 6 heteroatoms. The van der Waals surface area contributed by atoms with Crippen LogP contribution in [0.1, 0.15) is 36.8 Å². The average molecular weight is 294 g/mol. The minimum Gasteiger partial charge on any atom is -0.464 e. The Bertz CT molecular complexity index is 498. The lowest BCUT2D eigenvalue weighted by Crippen LogP contribution is -2.44. The topological polar surface area (TPSA) is 71.8 Å². The molecule has 0 saturated carbocycles. The summed E-state index contributed by atoms with van der Waals surface area (Å²) in [5.74, 6) is 1.30. The first kappa shape index (κ1) is 15.6. The molecule has 2 heterocycles. The lowest BCUT2D eigenvalue weighted by molar-refractivity contribution is -0.138. The minimum atomic E-state index is -0.337. The number of amides is 2. The number of nitrogens with zero attached hydrogens (tertiary/aromatic N) is 1. The first-order chi connectivity index (χ1) is 10.1. The van der Waals surface area contributed by atoms with Gasteiger partial charge in [0, 0.05) is 20.1 Å². The molecule has 0 bridgehead atoms. The fourth-order valence-corrected chi connectivity index (χ4v) is 2.44. The molecule has 0 spiro atoms. The van der Waals surface area contributed by atoms with Gasteiger partial charge in [0.05, 0.1) is 13.2 Å². The van der Waals surface area contributed by atoms with E-state index in [0.29, 0.717) is 25.3 Å². The molecule has 1 aromatic heterocycles. The van der Waals surface area contributed by atoms with Gasteiger partial charge in [-0.1, -0.05) is 0 Å². The Morgan fingerprint density at radius 1 is 1.48 bits per heavy atom. The Labute approximate surface area is 124 Å². The van der Waals surface area contributed by atoms with E-state index in [1.165, 1.54) is 0 Å². The molecule has 1 aliphatic rings. The van der Waals surface area contributed by atoms with E-state index in [1.54, 1.807) is 12.0 Å². The average Bonchev–Trinajstić information content (AvgIpc) is 2.87. The van der Waals surface area contributed by atoms with E-state index in [4.69, 9.17) is 9.15 Å². The number of carbonyl (C=O) groups excluding carboxylic acids is 2. The number of nitrogens with one attached hydrogen (secondary N) is 1. The maximum atomic E-state index is 12.1. The molecular weight excluding hydrogens is 272 g/mol. The zero-order valence-electron chi connectivity index (χ0n) is 12.6. The van der Waals surface area contributed by atoms with Crippen LogP contribution in [-0.2, 0) is 14.3 Å². The minimum absolute atomic E-state index is 0.0496. The van der Waals surface area contributed by atoms with Crippen molar-refractivity contribution in [3.8, 4) is 0 Å². The molecule has 1 atom stereocenters. The Morgan fingerprint density at radius 2 is 2.29 bits per heavy atom. The van der Waals surface area contributed by atoms with Crippen molar-refractivity contribution >= 4 is 11.8 Å². The first-order valence-corrected chi connectivity index (χ1v) is 7.22. The second-order valence-electron chi connectivity index (χ2n) is 5.30. The number of hydrogen-bond acceptors (Lipinski definition) is 4. The van der Waals surface area contributed by atoms with Crippen molar-refractivity contribution in [3.63, 3.8) is 0 Å². The number of hydrogen-bond donors (Lipinski definition) is 1. The maximum absolute atomic E-state index is 12.1. The fraction of sp³-hybridized carbons (Fsp3) is 0.600. The third-order valence-corrected chi connectivity index (χ3v) is 3.53. The van der Waals surface area contributed by atoms with Gasteiger partial charge in [-0.05, 0) is 31.9 Å². The van der Waals surface area contributed by atoms with Gasteiger partial charge in [-0.2, -0.15) is 0 Å². The zero-order valence-corrected chi connectivity index (χ0v) is 12.6. The molecule has 1 aromatic rings. The summed E-state index contributed by atoms with van der Waals surface area (Å²) >= 11 is 0. The van der Waals surface area contributed by atoms with Crippen molar-refractivity contribution in [2.75, 3.05) is 26.8 Å². The number of likely N-dealkylation sites (tertiary alicyclic amines) is 1. The van der Waals surface area contributed by atoms with Crippen molar-refractivity contribution in [2.45, 2.75) is 32.2 Å². The highest BCUT2D eigenvalue weighted by atomic mass is 16.5. The standard InChI is InChI=1S/C15H22N2O4/c1-11-6-7-13(21-11)12(10-20-2)16-14(18)9-17-8-4-3-5-15(17)19/h6-7,12H,3-5,8-10H2,1-2H3,(H,16,18)/t12-/m0/s1. The number of aryl methyl sites for hydroxylation is 1. The number of ether oxygens (including phenoxy) is 1. The molecule has 2 amide bonds. The summed E-state index contributed by atoms with van der Waals surface area (Å²) in [4.78, 5) is 25.4. The van der Waals surface area contributed by atoms with Crippen molar-refractivity contribution in [1.82, 2.24) is 10.2 Å². The number of methoxy groups -OCH3 is 1. The predicted molar refractivity (Wildman–Crippen MR) is 76.6 cm³/mol. The van der Waals surface area contributed by atoms with Crippen molar-refractivity contribution < 1.29 is 18.7 Å². The summed E-state index contributed by atoms with van der Waals surface area (Å²) in [6.07, 6.45) is 2.40. The molecule has 1 saturated heterocycles. The van der Waals surface area contributed by atoms with E-state index in [9.17, 15) is 9.59 Å². The number of carbonyl (C=O) groups is 2. The molecule has 1 N–H and O–H groups in total. The van der Waals surface area contributed by atoms with Crippen LogP contribution in [0.5, 0.6) is 0 Å². The first-order valence-electron chi connectivity index (χ1n) is 7.22. The van der Waals surface area contributed by atoms with Gasteiger partial charge >= 0.3 is 0 Å². The Kier molecular flexibility index (Phi) is 5.38. The van der Waals surface area contributed by atoms with Gasteiger partial charge < -0.3 is 19.4 Å². The third-order valence-electron chi connectivity index (χ3n) is 3.53. The largest absolute Gasteiger partial charge is 0.464 e. The van der Waals surface area contributed by atoms with Crippen molar-refractivity contribution in [3.05, 3.63) is 23.7 Å². The number of rotatable bonds is 6. The molecule has 0 aliphatic carbocycles. The fourth-order valence-electron chi connectivity index (χ4n) is 2.44. The Hall–Kier alpha value is -1.82. The zero-order chi connectivity index (χ0) is 15.2. The molecule has 0 radical (unpaired) electrons. The second kappa shape index (κ2) is 7.26. The summed E-state index contributed by atoms with van der Waals surface area (Å²) in [7, 11) is 1.57. The molecule has 2 rings (SSSR count). The van der Waals surface area contributed by atoms with Gasteiger partial charge in [-0.25, -0.2) is 0 Å². The molecule has 6 nitrogen and oxygen atoms in total. The van der Waals surface area contributed by atoms with Crippen LogP contribution >= 0.6 is 0 Å². The van der Waals surface area contributed by atoms with Crippen LogP contribution in [0, 0.1) is 6.92 Å². The summed E-state index contributed by atoms with van der Waals surface area (Å²) in [5, 5.41) is 2.86. The third kappa shape index (κ3) is 4.32. The van der Waals surface area contributed by atoms with Crippen molar-refractivity contribution in [1.29, 1.82) is 0 Å². The van der Waals surface area contributed by atoms with E-state index in [-0.39, 0.29) is 24.4 Å². The highest BCUT2D eigenvalue weighted by Crippen LogP contribution is 2.17. The molecule has 1 aliphatic heterocycles. The summed E-state index contributed by atoms with van der Waals surface area (Å²) < 4.78 is 10.7. The van der Waals surface area contributed by atoms with E-state index >= 15 is 0 Å². The summed E-state index contributed by atoms with van der Waals surface area (Å²) in [6.45, 7) is 2.92. The number of piperidine rings is 1. The molecule has 1 fully saturated rings. The lowest BCUT2D eigenvalue weighted by atomic mass is 10.1. The smallest absolute Gasteiger partial charge is 0.240 e. The van der Waals surface area contributed by atoms with Crippen molar-refractivity contribution in [2.24, 2.45) is 0 Å². The van der Waals surface area contributed by atoms with Gasteiger partial charge in [0.15, 0.2) is 0 Å². The monoisotopic (exact) mass is 294 g/mol. The highest BCUT2D eigenvalue weighted by molar-refractivity contribution is 5.85.